The molecule has 4 N–H and O–H groups in total. The predicted octanol–water partition coefficient (Wildman–Crippen LogP) is 0.720. The van der Waals surface area contributed by atoms with E-state index < -0.39 is 30.2 Å². The van der Waals surface area contributed by atoms with Gasteiger partial charge in [0.2, 0.25) is 0 Å². The monoisotopic (exact) mass is 318 g/mol. The minimum absolute atomic E-state index is 0.137. The first-order valence-corrected chi connectivity index (χ1v) is 7.84. The zero-order valence-corrected chi connectivity index (χ0v) is 13.7. The van der Waals surface area contributed by atoms with Crippen molar-refractivity contribution >= 4 is 0 Å². The van der Waals surface area contributed by atoms with Gasteiger partial charge in [-0.1, -0.05) is 6.08 Å². The van der Waals surface area contributed by atoms with Gasteiger partial charge in [0.25, 0.3) is 0 Å². The molecule has 4 unspecified atom stereocenters. The van der Waals surface area contributed by atoms with Gasteiger partial charge in [0.05, 0.1) is 37.1 Å². The maximum absolute atomic E-state index is 10.0. The van der Waals surface area contributed by atoms with Crippen molar-refractivity contribution in [3.8, 4) is 0 Å². The van der Waals surface area contributed by atoms with Crippen LogP contribution in [0, 0.1) is 0 Å². The lowest BCUT2D eigenvalue weighted by atomic mass is 9.97. The molecule has 0 radical (unpaired) electrons. The van der Waals surface area contributed by atoms with Gasteiger partial charge in [0.1, 0.15) is 0 Å². The van der Waals surface area contributed by atoms with Crippen molar-refractivity contribution in [2.24, 2.45) is 0 Å². The van der Waals surface area contributed by atoms with Crippen LogP contribution in [0.2, 0.25) is 0 Å². The second kappa shape index (κ2) is 8.96. The Hall–Kier alpha value is -0.500. The third-order valence-corrected chi connectivity index (χ3v) is 3.79. The van der Waals surface area contributed by atoms with Crippen LogP contribution in [0.3, 0.4) is 0 Å². The van der Waals surface area contributed by atoms with Crippen LogP contribution in [0.5, 0.6) is 0 Å². The Morgan fingerprint density at radius 1 is 1.41 bits per heavy atom. The van der Waals surface area contributed by atoms with Crippen molar-refractivity contribution in [1.29, 1.82) is 0 Å². The highest BCUT2D eigenvalue weighted by Gasteiger charge is 2.28. The molecule has 6 nitrogen and oxygen atoms in total. The summed E-state index contributed by atoms with van der Waals surface area (Å²) < 4.78 is 11.0. The predicted molar refractivity (Wildman–Crippen MR) is 82.2 cm³/mol. The van der Waals surface area contributed by atoms with Crippen molar-refractivity contribution in [2.75, 3.05) is 13.2 Å². The first kappa shape index (κ1) is 19.5. The van der Waals surface area contributed by atoms with Crippen LogP contribution in [0.4, 0.5) is 0 Å². The lowest BCUT2D eigenvalue weighted by Gasteiger charge is -2.31. The first-order chi connectivity index (χ1) is 10.2. The second-order valence-electron chi connectivity index (χ2n) is 6.64. The molecule has 0 aromatic rings. The fourth-order valence-corrected chi connectivity index (χ4v) is 2.31. The van der Waals surface area contributed by atoms with Crippen molar-refractivity contribution < 1.29 is 29.9 Å². The SMILES string of the molecule is C/C(=C\COC1CC(O)CC(CO)O1)C(O)CCC(C)(C)O. The van der Waals surface area contributed by atoms with Gasteiger partial charge in [-0.05, 0) is 39.2 Å². The van der Waals surface area contributed by atoms with Gasteiger partial charge in [-0.25, -0.2) is 0 Å². The van der Waals surface area contributed by atoms with Crippen LogP contribution in [0.1, 0.15) is 46.5 Å². The van der Waals surface area contributed by atoms with Crippen molar-refractivity contribution in [3.63, 3.8) is 0 Å². The van der Waals surface area contributed by atoms with E-state index in [2.05, 4.69) is 0 Å². The normalized spacial score (nSPS) is 28.7. The molecule has 22 heavy (non-hydrogen) atoms. The van der Waals surface area contributed by atoms with Crippen LogP contribution in [-0.4, -0.2) is 63.8 Å². The van der Waals surface area contributed by atoms with Gasteiger partial charge >= 0.3 is 0 Å². The highest BCUT2D eigenvalue weighted by Crippen LogP contribution is 2.21. The molecule has 1 heterocycles. The summed E-state index contributed by atoms with van der Waals surface area (Å²) in [7, 11) is 0. The van der Waals surface area contributed by atoms with E-state index in [1.54, 1.807) is 19.9 Å². The van der Waals surface area contributed by atoms with E-state index in [9.17, 15) is 15.3 Å². The summed E-state index contributed by atoms with van der Waals surface area (Å²) in [6, 6.07) is 0. The van der Waals surface area contributed by atoms with E-state index in [4.69, 9.17) is 14.6 Å². The summed E-state index contributed by atoms with van der Waals surface area (Å²) in [5.74, 6) is 0. The zero-order chi connectivity index (χ0) is 16.8. The van der Waals surface area contributed by atoms with E-state index in [0.717, 1.165) is 5.57 Å². The standard InChI is InChI=1S/C16H30O6/c1-11(14(19)4-6-16(2,3)20)5-7-21-15-9-12(18)8-13(10-17)22-15/h5,12-15,17-20H,4,6-10H2,1-3H3/b11-5+. The Morgan fingerprint density at radius 2 is 2.09 bits per heavy atom. The van der Waals surface area contributed by atoms with Gasteiger partial charge in [-0.15, -0.1) is 0 Å². The van der Waals surface area contributed by atoms with Gasteiger partial charge in [0.15, 0.2) is 6.29 Å². The lowest BCUT2D eigenvalue weighted by molar-refractivity contribution is -0.217. The van der Waals surface area contributed by atoms with Crippen molar-refractivity contribution in [2.45, 2.75) is 76.7 Å². The van der Waals surface area contributed by atoms with Crippen LogP contribution >= 0.6 is 0 Å². The maximum Gasteiger partial charge on any atom is 0.160 e. The lowest BCUT2D eigenvalue weighted by Crippen LogP contribution is -2.38. The van der Waals surface area contributed by atoms with E-state index >= 15 is 0 Å². The van der Waals surface area contributed by atoms with Gasteiger partial charge in [-0.2, -0.15) is 0 Å². The third kappa shape index (κ3) is 7.67. The Kier molecular flexibility index (Phi) is 7.96. The van der Waals surface area contributed by atoms with Crippen LogP contribution < -0.4 is 0 Å². The molecule has 0 aromatic carbocycles. The quantitative estimate of drug-likeness (QED) is 0.492. The maximum atomic E-state index is 10.0. The van der Waals surface area contributed by atoms with Crippen molar-refractivity contribution in [1.82, 2.24) is 0 Å². The first-order valence-electron chi connectivity index (χ1n) is 7.84. The average molecular weight is 318 g/mol. The van der Waals surface area contributed by atoms with Gasteiger partial charge < -0.3 is 29.9 Å². The molecule has 4 atom stereocenters. The highest BCUT2D eigenvalue weighted by molar-refractivity contribution is 5.04. The fraction of sp³-hybridized carbons (Fsp3) is 0.875. The Bertz CT molecular complexity index is 349. The Labute approximate surface area is 132 Å². The Balaban J connectivity index is 2.34. The summed E-state index contributed by atoms with van der Waals surface area (Å²) in [6.07, 6.45) is 1.48. The van der Waals surface area contributed by atoms with Crippen LogP contribution in [0.15, 0.2) is 11.6 Å². The molecule has 1 fully saturated rings. The number of ether oxygens (including phenoxy) is 2. The summed E-state index contributed by atoms with van der Waals surface area (Å²) >= 11 is 0. The molecule has 1 rings (SSSR count). The minimum Gasteiger partial charge on any atom is -0.394 e. The fourth-order valence-electron chi connectivity index (χ4n) is 2.31. The van der Waals surface area contributed by atoms with E-state index in [0.29, 0.717) is 25.7 Å². The molecule has 0 spiro atoms. The largest absolute Gasteiger partial charge is 0.394 e. The average Bonchev–Trinajstić information content (AvgIpc) is 2.43. The number of rotatable bonds is 8. The summed E-state index contributed by atoms with van der Waals surface area (Å²) in [5, 5.41) is 38.4. The van der Waals surface area contributed by atoms with Crippen molar-refractivity contribution in [3.05, 3.63) is 11.6 Å². The molecule has 0 aliphatic carbocycles. The van der Waals surface area contributed by atoms with Crippen LogP contribution in [-0.2, 0) is 9.47 Å². The molecule has 1 aliphatic heterocycles. The molecule has 0 amide bonds. The molecule has 6 heteroatoms. The highest BCUT2D eigenvalue weighted by atomic mass is 16.7. The molecule has 130 valence electrons. The topological polar surface area (TPSA) is 99.4 Å². The molecule has 1 saturated heterocycles. The third-order valence-electron chi connectivity index (χ3n) is 3.79. The van der Waals surface area contributed by atoms with Gasteiger partial charge in [0, 0.05) is 12.8 Å². The number of aliphatic hydroxyl groups is 4. The second-order valence-corrected chi connectivity index (χ2v) is 6.64. The molecular formula is C16H30O6. The number of hydrogen-bond acceptors (Lipinski definition) is 6. The minimum atomic E-state index is -0.789. The summed E-state index contributed by atoms with van der Waals surface area (Å²) in [4.78, 5) is 0. The number of hydrogen-bond donors (Lipinski definition) is 4. The van der Waals surface area contributed by atoms with Gasteiger partial charge in [-0.3, -0.25) is 0 Å². The van der Waals surface area contributed by atoms with E-state index in [1.165, 1.54) is 0 Å². The Morgan fingerprint density at radius 3 is 2.68 bits per heavy atom. The molecule has 0 aromatic heterocycles. The summed E-state index contributed by atoms with van der Waals surface area (Å²) in [5.41, 5.74) is -0.0114. The zero-order valence-electron chi connectivity index (χ0n) is 13.7. The smallest absolute Gasteiger partial charge is 0.160 e. The van der Waals surface area contributed by atoms with Crippen LogP contribution in [0.25, 0.3) is 0 Å². The number of aliphatic hydroxyl groups excluding tert-OH is 3. The van der Waals surface area contributed by atoms with E-state index in [-0.39, 0.29) is 13.2 Å². The summed E-state index contributed by atoms with van der Waals surface area (Å²) in [6.45, 7) is 5.37. The molecule has 1 aliphatic rings. The molecule has 0 bridgehead atoms. The molecular weight excluding hydrogens is 288 g/mol. The van der Waals surface area contributed by atoms with E-state index in [1.807, 2.05) is 6.92 Å². The molecule has 0 saturated carbocycles.